The highest BCUT2D eigenvalue weighted by atomic mass is 16.3. The maximum Gasteiger partial charge on any atom is 0.237 e. The summed E-state index contributed by atoms with van der Waals surface area (Å²) in [6, 6.07) is 6.98. The van der Waals surface area contributed by atoms with Gasteiger partial charge in [-0.2, -0.15) is 0 Å². The van der Waals surface area contributed by atoms with Crippen molar-refractivity contribution in [2.45, 2.75) is 38.3 Å². The van der Waals surface area contributed by atoms with E-state index in [1.54, 1.807) is 12.1 Å². The standard InChI is InChI=1S/C14H20N2O2/c17-13-8-4-3-6-11(13)10-16-14(18)12-7-2-1-5-9-15-12/h3-4,6,8,12,15,17H,1-2,5,7,9-10H2,(H,16,18). The molecule has 1 saturated heterocycles. The average molecular weight is 248 g/mol. The molecule has 1 heterocycles. The molecule has 1 aliphatic rings. The summed E-state index contributed by atoms with van der Waals surface area (Å²) >= 11 is 0. The molecule has 0 bridgehead atoms. The molecule has 4 nitrogen and oxygen atoms in total. The second-order valence-electron chi connectivity index (χ2n) is 4.70. The topological polar surface area (TPSA) is 61.4 Å². The first kappa shape index (κ1) is 12.9. The van der Waals surface area contributed by atoms with E-state index in [0.717, 1.165) is 31.4 Å². The monoisotopic (exact) mass is 248 g/mol. The molecule has 1 amide bonds. The number of phenols is 1. The molecule has 18 heavy (non-hydrogen) atoms. The number of carbonyl (C=O) groups is 1. The molecule has 2 rings (SSSR count). The van der Waals surface area contributed by atoms with Crippen molar-refractivity contribution in [3.8, 4) is 5.75 Å². The zero-order valence-electron chi connectivity index (χ0n) is 10.5. The number of aromatic hydroxyl groups is 1. The van der Waals surface area contributed by atoms with E-state index in [9.17, 15) is 9.90 Å². The molecule has 98 valence electrons. The van der Waals surface area contributed by atoms with Crippen LogP contribution in [-0.2, 0) is 11.3 Å². The largest absolute Gasteiger partial charge is 0.508 e. The maximum absolute atomic E-state index is 12.0. The van der Waals surface area contributed by atoms with Crippen LogP contribution in [0.3, 0.4) is 0 Å². The van der Waals surface area contributed by atoms with Gasteiger partial charge in [-0.3, -0.25) is 4.79 Å². The fraction of sp³-hybridized carbons (Fsp3) is 0.500. The highest BCUT2D eigenvalue weighted by molar-refractivity contribution is 5.81. The fourth-order valence-electron chi connectivity index (χ4n) is 2.22. The second kappa shape index (κ2) is 6.40. The lowest BCUT2D eigenvalue weighted by Crippen LogP contribution is -2.43. The van der Waals surface area contributed by atoms with Crippen LogP contribution in [0.15, 0.2) is 24.3 Å². The van der Waals surface area contributed by atoms with E-state index in [2.05, 4.69) is 10.6 Å². The lowest BCUT2D eigenvalue weighted by molar-refractivity contribution is -0.123. The Bertz CT molecular complexity index is 399. The van der Waals surface area contributed by atoms with Crippen LogP contribution in [0.5, 0.6) is 5.75 Å². The molecule has 0 radical (unpaired) electrons. The van der Waals surface area contributed by atoms with Gasteiger partial charge in [0, 0.05) is 12.1 Å². The normalized spacial score (nSPS) is 20.1. The summed E-state index contributed by atoms with van der Waals surface area (Å²) in [5.41, 5.74) is 0.750. The minimum atomic E-state index is -0.0849. The summed E-state index contributed by atoms with van der Waals surface area (Å²) in [6.07, 6.45) is 4.33. The lowest BCUT2D eigenvalue weighted by atomic mass is 10.1. The predicted molar refractivity (Wildman–Crippen MR) is 70.2 cm³/mol. The minimum absolute atomic E-state index is 0.0279. The van der Waals surface area contributed by atoms with Crippen LogP contribution >= 0.6 is 0 Å². The van der Waals surface area contributed by atoms with Crippen molar-refractivity contribution in [1.82, 2.24) is 10.6 Å². The van der Waals surface area contributed by atoms with Crippen molar-refractivity contribution in [1.29, 1.82) is 0 Å². The van der Waals surface area contributed by atoms with Gasteiger partial charge in [-0.1, -0.05) is 31.0 Å². The van der Waals surface area contributed by atoms with Crippen molar-refractivity contribution in [2.24, 2.45) is 0 Å². The zero-order valence-corrected chi connectivity index (χ0v) is 10.5. The first-order chi connectivity index (χ1) is 8.77. The number of carbonyl (C=O) groups excluding carboxylic acids is 1. The maximum atomic E-state index is 12.0. The second-order valence-corrected chi connectivity index (χ2v) is 4.70. The third-order valence-electron chi connectivity index (χ3n) is 3.32. The van der Waals surface area contributed by atoms with Crippen molar-refractivity contribution < 1.29 is 9.90 Å². The molecular formula is C14H20N2O2. The van der Waals surface area contributed by atoms with Crippen molar-refractivity contribution in [2.75, 3.05) is 6.54 Å². The highest BCUT2D eigenvalue weighted by Gasteiger charge is 2.19. The third-order valence-corrected chi connectivity index (χ3v) is 3.32. The van der Waals surface area contributed by atoms with Crippen LogP contribution in [0.25, 0.3) is 0 Å². The summed E-state index contributed by atoms with van der Waals surface area (Å²) in [6.45, 7) is 1.29. The Balaban J connectivity index is 1.86. The molecular weight excluding hydrogens is 228 g/mol. The van der Waals surface area contributed by atoms with Crippen LogP contribution in [0.4, 0.5) is 0 Å². The van der Waals surface area contributed by atoms with Gasteiger partial charge < -0.3 is 15.7 Å². The highest BCUT2D eigenvalue weighted by Crippen LogP contribution is 2.15. The molecule has 1 fully saturated rings. The van der Waals surface area contributed by atoms with Crippen LogP contribution in [-0.4, -0.2) is 23.6 Å². The fourth-order valence-corrected chi connectivity index (χ4v) is 2.22. The van der Waals surface area contributed by atoms with Crippen molar-refractivity contribution in [3.63, 3.8) is 0 Å². The molecule has 1 aromatic carbocycles. The van der Waals surface area contributed by atoms with Crippen LogP contribution < -0.4 is 10.6 Å². The lowest BCUT2D eigenvalue weighted by Gasteiger charge is -2.15. The van der Waals surface area contributed by atoms with Crippen LogP contribution in [0.2, 0.25) is 0 Å². The van der Waals surface area contributed by atoms with Crippen molar-refractivity contribution >= 4 is 5.91 Å². The zero-order chi connectivity index (χ0) is 12.8. The summed E-state index contributed by atoms with van der Waals surface area (Å²) in [7, 11) is 0. The Morgan fingerprint density at radius 2 is 2.17 bits per heavy atom. The SMILES string of the molecule is O=C(NCc1ccccc1O)C1CCCCCN1. The molecule has 0 spiro atoms. The number of hydrogen-bond donors (Lipinski definition) is 3. The van der Waals surface area contributed by atoms with Gasteiger partial charge in [-0.05, 0) is 25.5 Å². The summed E-state index contributed by atoms with van der Waals surface area (Å²) in [4.78, 5) is 12.0. The summed E-state index contributed by atoms with van der Waals surface area (Å²) in [5, 5.41) is 15.7. The first-order valence-electron chi connectivity index (χ1n) is 6.55. The van der Waals surface area contributed by atoms with Crippen LogP contribution in [0.1, 0.15) is 31.2 Å². The molecule has 0 aliphatic carbocycles. The van der Waals surface area contributed by atoms with E-state index >= 15 is 0 Å². The third kappa shape index (κ3) is 3.47. The van der Waals surface area contributed by atoms with E-state index in [-0.39, 0.29) is 17.7 Å². The minimum Gasteiger partial charge on any atom is -0.508 e. The first-order valence-corrected chi connectivity index (χ1v) is 6.55. The number of benzene rings is 1. The number of hydrogen-bond acceptors (Lipinski definition) is 3. The number of amides is 1. The van der Waals surface area contributed by atoms with Crippen LogP contribution in [0, 0.1) is 0 Å². The number of para-hydroxylation sites is 1. The molecule has 3 N–H and O–H groups in total. The Labute approximate surface area is 107 Å². The molecule has 1 aromatic rings. The molecule has 1 atom stereocenters. The van der Waals surface area contributed by atoms with Gasteiger partial charge in [0.1, 0.15) is 5.75 Å². The number of nitrogens with one attached hydrogen (secondary N) is 2. The molecule has 1 unspecified atom stereocenters. The molecule has 0 saturated carbocycles. The summed E-state index contributed by atoms with van der Waals surface area (Å²) < 4.78 is 0. The number of rotatable bonds is 3. The predicted octanol–water partition coefficient (Wildman–Crippen LogP) is 1.54. The van der Waals surface area contributed by atoms with Gasteiger partial charge in [0.25, 0.3) is 0 Å². The van der Waals surface area contributed by atoms with Gasteiger partial charge in [-0.25, -0.2) is 0 Å². The average Bonchev–Trinajstić information content (AvgIpc) is 2.66. The van der Waals surface area contributed by atoms with Gasteiger partial charge >= 0.3 is 0 Å². The van der Waals surface area contributed by atoms with Gasteiger partial charge in [0.2, 0.25) is 5.91 Å². The Morgan fingerprint density at radius 3 is 3.00 bits per heavy atom. The quantitative estimate of drug-likeness (QED) is 0.760. The smallest absolute Gasteiger partial charge is 0.237 e. The van der Waals surface area contributed by atoms with Gasteiger partial charge in [0.05, 0.1) is 6.04 Å². The molecule has 4 heteroatoms. The van der Waals surface area contributed by atoms with E-state index in [0.29, 0.717) is 6.54 Å². The van der Waals surface area contributed by atoms with Gasteiger partial charge in [0.15, 0.2) is 0 Å². The summed E-state index contributed by atoms with van der Waals surface area (Å²) in [5.74, 6) is 0.256. The molecule has 1 aliphatic heterocycles. The van der Waals surface area contributed by atoms with E-state index < -0.39 is 0 Å². The van der Waals surface area contributed by atoms with E-state index in [1.807, 2.05) is 12.1 Å². The van der Waals surface area contributed by atoms with E-state index in [4.69, 9.17) is 0 Å². The van der Waals surface area contributed by atoms with Gasteiger partial charge in [-0.15, -0.1) is 0 Å². The number of phenolic OH excluding ortho intramolecular Hbond substituents is 1. The Morgan fingerprint density at radius 1 is 1.33 bits per heavy atom. The Hall–Kier alpha value is -1.55. The Kier molecular flexibility index (Phi) is 4.59. The van der Waals surface area contributed by atoms with E-state index in [1.165, 1.54) is 6.42 Å². The van der Waals surface area contributed by atoms with Crippen molar-refractivity contribution in [3.05, 3.63) is 29.8 Å². The molecule has 0 aromatic heterocycles.